The number of hydrogen-bond acceptors (Lipinski definition) is 1. The molecule has 0 atom stereocenters. The smallest absolute Gasteiger partial charge is 1.00 e. The molecule has 0 heterocycles. The Morgan fingerprint density at radius 1 is 0.917 bits per heavy atom. The molecule has 12 heavy (non-hydrogen) atoms. The van der Waals surface area contributed by atoms with Crippen LogP contribution in [0.2, 0.25) is 0 Å². The summed E-state index contributed by atoms with van der Waals surface area (Å²) in [6, 6.07) is 1.000. The molecule has 0 rings (SSSR count). The van der Waals surface area contributed by atoms with Gasteiger partial charge in [-0.05, 0) is 0 Å². The van der Waals surface area contributed by atoms with E-state index in [9.17, 15) is 0 Å². The van der Waals surface area contributed by atoms with Crippen LogP contribution in [0, 0.1) is 0 Å². The minimum atomic E-state index is 0. The Morgan fingerprint density at radius 2 is 1.08 bits per heavy atom. The zero-order chi connectivity index (χ0) is 7.86. The predicted octanol–water partition coefficient (Wildman–Crippen LogP) is -7.72. The normalized spacial score (nSPS) is 7.00. The second kappa shape index (κ2) is 23.2. The first-order valence-corrected chi connectivity index (χ1v) is 3.23. The molecule has 5 heteroatoms. The molecule has 0 aliphatic rings. The molecule has 2 nitrogen and oxygen atoms in total. The van der Waals surface area contributed by atoms with E-state index in [-0.39, 0.29) is 68.7 Å². The Morgan fingerprint density at radius 3 is 1.08 bits per heavy atom. The summed E-state index contributed by atoms with van der Waals surface area (Å²) in [4.78, 5) is 0. The molecule has 0 radical (unpaired) electrons. The summed E-state index contributed by atoms with van der Waals surface area (Å²) in [5, 5.41) is 12.5. The molecule has 0 fully saturated rings. The molecule has 0 aromatic carbocycles. The van der Waals surface area contributed by atoms with Crippen LogP contribution in [-0.2, 0) is 0 Å². The van der Waals surface area contributed by atoms with Crippen LogP contribution < -0.4 is 72.4 Å². The van der Waals surface area contributed by atoms with Crippen LogP contribution in [0.3, 0.4) is 0 Å². The van der Waals surface area contributed by atoms with E-state index in [4.69, 9.17) is 5.11 Å². The summed E-state index contributed by atoms with van der Waals surface area (Å²) < 4.78 is 0. The van der Waals surface area contributed by atoms with Crippen molar-refractivity contribution in [2.75, 3.05) is 7.11 Å². The summed E-state index contributed by atoms with van der Waals surface area (Å²) in [5.41, 5.74) is 0. The van der Waals surface area contributed by atoms with Crippen molar-refractivity contribution >= 4 is 0 Å². The average Bonchev–Trinajstić information content (AvgIpc) is 1.68. The first kappa shape index (κ1) is 29.2. The summed E-state index contributed by atoms with van der Waals surface area (Å²) >= 11 is 0. The molecular formula is C7H18Li2NNaO. The van der Waals surface area contributed by atoms with E-state index in [1.807, 2.05) is 0 Å². The maximum Gasteiger partial charge on any atom is 1.00 e. The molecule has 0 bridgehead atoms. The van der Waals surface area contributed by atoms with E-state index in [2.05, 4.69) is 33.0 Å². The summed E-state index contributed by atoms with van der Waals surface area (Å²) in [6.07, 6.45) is 0. The van der Waals surface area contributed by atoms with Crippen molar-refractivity contribution in [1.29, 1.82) is 0 Å². The van der Waals surface area contributed by atoms with E-state index in [0.717, 1.165) is 7.11 Å². The summed E-state index contributed by atoms with van der Waals surface area (Å²) in [6.45, 7) is 8.39. The minimum absolute atomic E-state index is 0. The van der Waals surface area contributed by atoms with Gasteiger partial charge in [0.05, 0.1) is 0 Å². The second-order valence-electron chi connectivity index (χ2n) is 2.34. The third kappa shape index (κ3) is 40.0. The van der Waals surface area contributed by atoms with E-state index in [1.54, 1.807) is 0 Å². The van der Waals surface area contributed by atoms with Crippen LogP contribution in [0.1, 0.15) is 29.1 Å². The van der Waals surface area contributed by atoms with Gasteiger partial charge in [0, 0.05) is 0 Å². The molecule has 0 spiro atoms. The van der Waals surface area contributed by atoms with Gasteiger partial charge in [0.1, 0.15) is 0 Å². The van der Waals surface area contributed by atoms with Crippen molar-refractivity contribution < 1.29 is 73.8 Å². The fourth-order valence-electron chi connectivity index (χ4n) is 0.596. The molecule has 0 amide bonds. The number of rotatable bonds is 2. The molecule has 60 valence electrons. The average molecular weight is 169 g/mol. The van der Waals surface area contributed by atoms with Gasteiger partial charge in [-0.1, -0.05) is 27.7 Å². The van der Waals surface area contributed by atoms with E-state index in [0.29, 0.717) is 12.1 Å². The van der Waals surface area contributed by atoms with Crippen LogP contribution in [0.25, 0.3) is 5.32 Å². The van der Waals surface area contributed by atoms with E-state index < -0.39 is 0 Å². The zero-order valence-electron chi connectivity index (χ0n) is 11.0. The summed E-state index contributed by atoms with van der Waals surface area (Å²) in [7, 11) is 0.750. The van der Waals surface area contributed by atoms with Crippen LogP contribution in [-0.4, -0.2) is 19.2 Å². The summed E-state index contributed by atoms with van der Waals surface area (Å²) in [5.74, 6) is 0. The third-order valence-electron chi connectivity index (χ3n) is 0.596. The van der Waals surface area contributed by atoms with Crippen LogP contribution in [0.5, 0.6) is 0 Å². The minimum Gasteiger partial charge on any atom is -1.00 e. The Balaban J connectivity index is -0.0000000191. The molecule has 0 aliphatic heterocycles. The van der Waals surface area contributed by atoms with Gasteiger partial charge in [0.15, 0.2) is 0 Å². The van der Waals surface area contributed by atoms with Gasteiger partial charge in [0.25, 0.3) is 0 Å². The Hall–Kier alpha value is 2.11. The third-order valence-corrected chi connectivity index (χ3v) is 0.596. The standard InChI is InChI=1S/C6H14N.CH3O.2Li.Na.H/c1-5(2)7-6(3)4;1-2;;;;/h5-6H,1-4H3;1H3;;;;/q2*-1;3*+1;-1. The van der Waals surface area contributed by atoms with Gasteiger partial charge in [0.2, 0.25) is 0 Å². The maximum absolute atomic E-state index is 8.25. The fourth-order valence-corrected chi connectivity index (χ4v) is 0.596. The van der Waals surface area contributed by atoms with Crippen molar-refractivity contribution in [3.63, 3.8) is 0 Å². The first-order chi connectivity index (χ1) is 4.13. The molecule has 0 aromatic rings. The molecule has 0 N–H and O–H groups in total. The van der Waals surface area contributed by atoms with Crippen LogP contribution >= 0.6 is 0 Å². The Kier molecular flexibility index (Phi) is 56.4. The van der Waals surface area contributed by atoms with E-state index in [1.165, 1.54) is 0 Å². The maximum atomic E-state index is 8.25. The largest absolute Gasteiger partial charge is 1.00 e. The van der Waals surface area contributed by atoms with Crippen molar-refractivity contribution in [3.8, 4) is 0 Å². The van der Waals surface area contributed by atoms with Gasteiger partial charge in [-0.25, -0.2) is 0 Å². The van der Waals surface area contributed by atoms with Crippen LogP contribution in [0.15, 0.2) is 0 Å². The fraction of sp³-hybridized carbons (Fsp3) is 1.00. The van der Waals surface area contributed by atoms with Gasteiger partial charge < -0.3 is 11.8 Å². The molecule has 0 saturated carbocycles. The number of nitrogens with zero attached hydrogens (tertiary/aromatic N) is 1. The SMILES string of the molecule is CC(C)[N-]C(C)C.C[O-].[H-].[Li+].[Li+].[Na+]. The van der Waals surface area contributed by atoms with Gasteiger partial charge >= 0.3 is 67.3 Å². The first-order valence-electron chi connectivity index (χ1n) is 3.23. The van der Waals surface area contributed by atoms with Crippen molar-refractivity contribution in [2.45, 2.75) is 39.8 Å². The van der Waals surface area contributed by atoms with Crippen molar-refractivity contribution in [2.24, 2.45) is 0 Å². The monoisotopic (exact) mass is 169 g/mol. The van der Waals surface area contributed by atoms with Gasteiger partial charge in [-0.2, -0.15) is 7.11 Å². The zero-order valence-corrected chi connectivity index (χ0v) is 12.0. The predicted molar refractivity (Wildman–Crippen MR) is 40.7 cm³/mol. The van der Waals surface area contributed by atoms with Crippen molar-refractivity contribution in [3.05, 3.63) is 5.32 Å². The van der Waals surface area contributed by atoms with Gasteiger partial charge in [-0.15, -0.1) is 12.1 Å². The van der Waals surface area contributed by atoms with Gasteiger partial charge in [-0.3, -0.25) is 0 Å². The van der Waals surface area contributed by atoms with Crippen LogP contribution in [0.4, 0.5) is 0 Å². The number of hydrogen-bond donors (Lipinski definition) is 0. The Labute approximate surface area is 125 Å². The molecule has 0 aliphatic carbocycles. The van der Waals surface area contributed by atoms with Crippen molar-refractivity contribution in [1.82, 2.24) is 0 Å². The molecule has 0 saturated heterocycles. The molecular weight excluding hydrogens is 151 g/mol. The second-order valence-corrected chi connectivity index (χ2v) is 2.34. The van der Waals surface area contributed by atoms with E-state index >= 15 is 0 Å². The topological polar surface area (TPSA) is 37.2 Å². The molecule has 0 aromatic heterocycles. The quantitative estimate of drug-likeness (QED) is 0.378. The molecule has 0 unspecified atom stereocenters. The Bertz CT molecular complexity index is 55.8.